The fraction of sp³-hybridized carbons (Fsp3) is 0.263. The van der Waals surface area contributed by atoms with Gasteiger partial charge in [0.15, 0.2) is 9.84 Å². The number of rotatable bonds is 4. The number of hydrogen-bond donors (Lipinski definition) is 2. The van der Waals surface area contributed by atoms with Gasteiger partial charge in [0.05, 0.1) is 28.7 Å². The third kappa shape index (κ3) is 5.15. The van der Waals surface area contributed by atoms with Crippen LogP contribution in [0.5, 0.6) is 0 Å². The van der Waals surface area contributed by atoms with Gasteiger partial charge in [0.1, 0.15) is 5.82 Å². The Hall–Kier alpha value is -2.95. The van der Waals surface area contributed by atoms with Crippen LogP contribution < -0.4 is 10.6 Å². The first-order chi connectivity index (χ1) is 13.9. The van der Waals surface area contributed by atoms with Gasteiger partial charge in [-0.25, -0.2) is 12.8 Å². The van der Waals surface area contributed by atoms with Crippen molar-refractivity contribution >= 4 is 33.0 Å². The van der Waals surface area contributed by atoms with E-state index in [9.17, 15) is 35.6 Å². The van der Waals surface area contributed by atoms with Crippen molar-refractivity contribution in [3.05, 3.63) is 59.4 Å². The normalized spacial score (nSPS) is 18.1. The Bertz CT molecular complexity index is 1080. The van der Waals surface area contributed by atoms with Crippen molar-refractivity contribution in [2.45, 2.75) is 12.6 Å². The summed E-state index contributed by atoms with van der Waals surface area (Å²) in [6.45, 7) is 0. The van der Waals surface area contributed by atoms with Gasteiger partial charge in [-0.2, -0.15) is 13.2 Å². The zero-order valence-corrected chi connectivity index (χ0v) is 16.1. The fourth-order valence-electron chi connectivity index (χ4n) is 3.01. The fourth-order valence-corrected chi connectivity index (χ4v) is 4.75. The summed E-state index contributed by atoms with van der Waals surface area (Å²) in [4.78, 5) is 24.4. The molecule has 1 saturated heterocycles. The lowest BCUT2D eigenvalue weighted by Crippen LogP contribution is -2.25. The number of halogens is 4. The van der Waals surface area contributed by atoms with Gasteiger partial charge in [0.25, 0.3) is 5.91 Å². The molecule has 160 valence electrons. The van der Waals surface area contributed by atoms with Crippen molar-refractivity contribution in [2.75, 3.05) is 22.1 Å². The number of carbonyl (C=O) groups excluding carboxylic acids is 2. The van der Waals surface area contributed by atoms with Gasteiger partial charge in [-0.05, 0) is 48.9 Å². The molecule has 0 saturated carbocycles. The number of carbonyl (C=O) groups is 2. The molecule has 0 aromatic heterocycles. The van der Waals surface area contributed by atoms with Crippen molar-refractivity contribution in [3.63, 3.8) is 0 Å². The molecule has 3 rings (SSSR count). The first-order valence-corrected chi connectivity index (χ1v) is 10.6. The van der Waals surface area contributed by atoms with Crippen molar-refractivity contribution in [2.24, 2.45) is 5.92 Å². The summed E-state index contributed by atoms with van der Waals surface area (Å²) < 4.78 is 76.4. The van der Waals surface area contributed by atoms with E-state index in [4.69, 9.17) is 0 Å². The Labute approximate surface area is 169 Å². The monoisotopic (exact) mass is 444 g/mol. The van der Waals surface area contributed by atoms with Crippen LogP contribution in [0.1, 0.15) is 22.3 Å². The Morgan fingerprint density at radius 2 is 1.67 bits per heavy atom. The first-order valence-electron chi connectivity index (χ1n) is 8.74. The Kier molecular flexibility index (Phi) is 5.84. The minimum absolute atomic E-state index is 0.0430. The molecule has 1 aliphatic heterocycles. The molecule has 0 spiro atoms. The molecule has 30 heavy (non-hydrogen) atoms. The number of amides is 2. The predicted molar refractivity (Wildman–Crippen MR) is 101 cm³/mol. The summed E-state index contributed by atoms with van der Waals surface area (Å²) in [6.07, 6.45) is -4.80. The highest BCUT2D eigenvalue weighted by molar-refractivity contribution is 7.91. The van der Waals surface area contributed by atoms with Crippen molar-refractivity contribution in [3.8, 4) is 0 Å². The second kappa shape index (κ2) is 8.05. The topological polar surface area (TPSA) is 92.3 Å². The molecular weight excluding hydrogens is 428 g/mol. The van der Waals surface area contributed by atoms with Crippen LogP contribution in [0.3, 0.4) is 0 Å². The van der Waals surface area contributed by atoms with Crippen LogP contribution in [-0.2, 0) is 20.8 Å². The van der Waals surface area contributed by atoms with E-state index in [1.165, 1.54) is 12.1 Å². The number of anilines is 2. The van der Waals surface area contributed by atoms with Crippen LogP contribution in [0.2, 0.25) is 0 Å². The zero-order chi connectivity index (χ0) is 22.1. The van der Waals surface area contributed by atoms with E-state index in [-0.39, 0.29) is 23.4 Å². The highest BCUT2D eigenvalue weighted by atomic mass is 32.2. The highest BCUT2D eigenvalue weighted by Crippen LogP contribution is 2.37. The van der Waals surface area contributed by atoms with Gasteiger partial charge in [-0.3, -0.25) is 9.59 Å². The van der Waals surface area contributed by atoms with E-state index in [0.29, 0.717) is 6.07 Å². The molecule has 2 N–H and O–H groups in total. The summed E-state index contributed by atoms with van der Waals surface area (Å²) >= 11 is 0. The third-order valence-corrected chi connectivity index (χ3v) is 6.32. The third-order valence-electron chi connectivity index (χ3n) is 4.55. The molecule has 1 fully saturated rings. The SMILES string of the molecule is O=C(Nc1ccc(NC(=O)C2CCS(=O)(=O)C2)c(C(F)(F)F)c1)c1ccc(F)cc1. The van der Waals surface area contributed by atoms with Gasteiger partial charge >= 0.3 is 6.18 Å². The minimum atomic E-state index is -4.85. The quantitative estimate of drug-likeness (QED) is 0.707. The first kappa shape index (κ1) is 21.8. The molecule has 2 amide bonds. The molecule has 1 aliphatic rings. The average molecular weight is 444 g/mol. The molecule has 1 unspecified atom stereocenters. The van der Waals surface area contributed by atoms with Gasteiger partial charge in [-0.1, -0.05) is 0 Å². The van der Waals surface area contributed by atoms with Crippen molar-refractivity contribution in [1.29, 1.82) is 0 Å². The molecule has 1 atom stereocenters. The van der Waals surface area contributed by atoms with Crippen LogP contribution in [0, 0.1) is 11.7 Å². The summed E-state index contributed by atoms with van der Waals surface area (Å²) in [6, 6.07) is 7.24. The van der Waals surface area contributed by atoms with E-state index in [1.54, 1.807) is 0 Å². The maximum Gasteiger partial charge on any atom is 0.418 e. The van der Waals surface area contributed by atoms with E-state index >= 15 is 0 Å². The van der Waals surface area contributed by atoms with Crippen molar-refractivity contribution in [1.82, 2.24) is 0 Å². The smallest absolute Gasteiger partial charge is 0.325 e. The van der Waals surface area contributed by atoms with Crippen LogP contribution in [0.15, 0.2) is 42.5 Å². The zero-order valence-electron chi connectivity index (χ0n) is 15.3. The maximum atomic E-state index is 13.5. The van der Waals surface area contributed by atoms with Crippen LogP contribution in [-0.4, -0.2) is 31.7 Å². The van der Waals surface area contributed by atoms with Crippen LogP contribution in [0.4, 0.5) is 28.9 Å². The van der Waals surface area contributed by atoms with Gasteiger partial charge in [0, 0.05) is 11.3 Å². The molecule has 11 heteroatoms. The number of alkyl halides is 3. The number of benzene rings is 2. The second-order valence-electron chi connectivity index (χ2n) is 6.81. The molecule has 1 heterocycles. The van der Waals surface area contributed by atoms with Crippen LogP contribution >= 0.6 is 0 Å². The van der Waals surface area contributed by atoms with Gasteiger partial charge in [-0.15, -0.1) is 0 Å². The molecule has 0 bridgehead atoms. The largest absolute Gasteiger partial charge is 0.418 e. The van der Waals surface area contributed by atoms with E-state index < -0.39 is 56.6 Å². The van der Waals surface area contributed by atoms with E-state index in [1.807, 2.05) is 0 Å². The molecule has 2 aromatic rings. The predicted octanol–water partition coefficient (Wildman–Crippen LogP) is 3.47. The second-order valence-corrected chi connectivity index (χ2v) is 9.04. The van der Waals surface area contributed by atoms with E-state index in [0.717, 1.165) is 24.3 Å². The Morgan fingerprint density at radius 1 is 1.00 bits per heavy atom. The molecule has 2 aromatic carbocycles. The summed E-state index contributed by atoms with van der Waals surface area (Å²) in [5.41, 5.74) is -1.88. The van der Waals surface area contributed by atoms with Crippen LogP contribution in [0.25, 0.3) is 0 Å². The average Bonchev–Trinajstić information content (AvgIpc) is 3.02. The Balaban J connectivity index is 1.81. The highest BCUT2D eigenvalue weighted by Gasteiger charge is 2.37. The standard InChI is InChI=1S/C19H16F4N2O4S/c20-13-3-1-11(2-4-13)17(26)24-14-5-6-16(15(9-14)19(21,22)23)25-18(27)12-7-8-30(28,29)10-12/h1-6,9,12H,7-8,10H2,(H,24,26)(H,25,27). The number of nitrogens with one attached hydrogen (secondary N) is 2. The van der Waals surface area contributed by atoms with Gasteiger partial charge < -0.3 is 10.6 Å². The number of sulfone groups is 1. The Morgan fingerprint density at radius 3 is 2.23 bits per heavy atom. The van der Waals surface area contributed by atoms with Gasteiger partial charge in [0.2, 0.25) is 5.91 Å². The molecular formula is C19H16F4N2O4S. The lowest BCUT2D eigenvalue weighted by Gasteiger charge is -2.17. The number of hydrogen-bond acceptors (Lipinski definition) is 4. The van der Waals surface area contributed by atoms with E-state index in [2.05, 4.69) is 10.6 Å². The van der Waals surface area contributed by atoms with Crippen molar-refractivity contribution < 1.29 is 35.6 Å². The summed E-state index contributed by atoms with van der Waals surface area (Å²) in [7, 11) is -3.37. The molecule has 0 radical (unpaired) electrons. The molecule has 6 nitrogen and oxygen atoms in total. The maximum absolute atomic E-state index is 13.5. The lowest BCUT2D eigenvalue weighted by atomic mass is 10.1. The summed E-state index contributed by atoms with van der Waals surface area (Å²) in [5.74, 6) is -3.65. The summed E-state index contributed by atoms with van der Waals surface area (Å²) in [5, 5.41) is 4.42. The molecule has 0 aliphatic carbocycles. The minimum Gasteiger partial charge on any atom is -0.325 e. The lowest BCUT2D eigenvalue weighted by molar-refractivity contribution is -0.137.